The molecule has 0 aliphatic heterocycles. The van der Waals surface area contributed by atoms with Crippen molar-refractivity contribution < 1.29 is 9.53 Å². The van der Waals surface area contributed by atoms with Crippen LogP contribution in [-0.2, 0) is 11.5 Å². The second-order valence-corrected chi connectivity index (χ2v) is 17.1. The zero-order chi connectivity index (χ0) is 26.6. The topological polar surface area (TPSA) is 134 Å². The zero-order valence-corrected chi connectivity index (χ0v) is 23.1. The summed E-state index contributed by atoms with van der Waals surface area (Å²) in [6.07, 6.45) is 6.69. The minimum Gasteiger partial charge on any atom is -0.361 e. The molecule has 1 aliphatic rings. The molecule has 2 aromatic heterocycles. The summed E-state index contributed by atoms with van der Waals surface area (Å²) in [4.78, 5) is 17.6. The Labute approximate surface area is 218 Å². The maximum absolute atomic E-state index is 13.4. The lowest BCUT2D eigenvalue weighted by Crippen LogP contribution is -2.23. The number of carbonyl (C=O) groups is 1. The van der Waals surface area contributed by atoms with Gasteiger partial charge in [-0.3, -0.25) is 4.79 Å². The summed E-state index contributed by atoms with van der Waals surface area (Å²) < 4.78 is 7.42. The quantitative estimate of drug-likeness (QED) is 0.297. The number of nitrogens with one attached hydrogen (secondary N) is 2. The molecule has 1 amide bonds. The van der Waals surface area contributed by atoms with Gasteiger partial charge in [-0.2, -0.15) is 5.26 Å². The predicted octanol–water partition coefficient (Wildman–Crippen LogP) is 5.09. The molecule has 0 radical (unpaired) electrons. The Balaban J connectivity index is 1.60. The standard InChI is InChI=1S/C26H34N8O2Si/c1-26(2)10-8-18(9-11-26)21-14-19(23-30-32-33-31-23)6-7-22(21)29-25(35)24-28-20(15-27)16-34(24)17-36-12-13-37(3,4)5/h6-8,14,16H,9-13,17H2,1-5H3,(H,29,35)(H,30,31,32,33). The number of amides is 1. The highest BCUT2D eigenvalue weighted by Crippen LogP contribution is 2.40. The molecule has 0 saturated heterocycles. The van der Waals surface area contributed by atoms with Crippen molar-refractivity contribution in [2.24, 2.45) is 5.41 Å². The van der Waals surface area contributed by atoms with Crippen LogP contribution in [0.25, 0.3) is 17.0 Å². The fraction of sp³-hybridized carbons (Fsp3) is 0.462. The van der Waals surface area contributed by atoms with Gasteiger partial charge in [0, 0.05) is 37.7 Å². The van der Waals surface area contributed by atoms with Crippen molar-refractivity contribution in [1.82, 2.24) is 30.2 Å². The summed E-state index contributed by atoms with van der Waals surface area (Å²) in [6, 6.07) is 8.75. The molecule has 1 aromatic carbocycles. The first-order valence-electron chi connectivity index (χ1n) is 12.5. The Bertz CT molecular complexity index is 1330. The number of anilines is 1. The van der Waals surface area contributed by atoms with Gasteiger partial charge in [-0.05, 0) is 64.9 Å². The van der Waals surface area contributed by atoms with Crippen LogP contribution in [-0.4, -0.2) is 50.8 Å². The first-order valence-corrected chi connectivity index (χ1v) is 16.2. The number of nitriles is 1. The Kier molecular flexibility index (Phi) is 7.70. The number of nitrogens with zero attached hydrogens (tertiary/aromatic N) is 6. The zero-order valence-electron chi connectivity index (χ0n) is 22.1. The van der Waals surface area contributed by atoms with E-state index in [9.17, 15) is 10.1 Å². The third-order valence-electron chi connectivity index (χ3n) is 6.53. The van der Waals surface area contributed by atoms with Crippen LogP contribution in [0.15, 0.2) is 30.5 Å². The average molecular weight is 519 g/mol. The summed E-state index contributed by atoms with van der Waals surface area (Å²) in [5, 5.41) is 26.6. The van der Waals surface area contributed by atoms with Crippen molar-refractivity contribution in [2.75, 3.05) is 11.9 Å². The molecule has 37 heavy (non-hydrogen) atoms. The third-order valence-corrected chi connectivity index (χ3v) is 8.23. The molecule has 3 aromatic rings. The highest BCUT2D eigenvalue weighted by atomic mass is 28.3. The number of hydrogen-bond donors (Lipinski definition) is 2. The SMILES string of the molecule is CC1(C)CC=C(c2cc(-c3nnn[nH]3)ccc2NC(=O)c2nc(C#N)cn2COCC[Si](C)(C)C)CC1. The van der Waals surface area contributed by atoms with Crippen LogP contribution in [0.4, 0.5) is 5.69 Å². The van der Waals surface area contributed by atoms with Gasteiger partial charge in [0.05, 0.1) is 0 Å². The third kappa shape index (κ3) is 6.78. The molecule has 0 saturated carbocycles. The molecule has 0 fully saturated rings. The van der Waals surface area contributed by atoms with Crippen molar-refractivity contribution in [1.29, 1.82) is 5.26 Å². The number of aromatic nitrogens is 6. The van der Waals surface area contributed by atoms with Crippen LogP contribution in [0, 0.1) is 16.7 Å². The maximum atomic E-state index is 13.4. The Morgan fingerprint density at radius 3 is 2.78 bits per heavy atom. The molecule has 0 bridgehead atoms. The molecule has 0 atom stereocenters. The van der Waals surface area contributed by atoms with E-state index in [1.165, 1.54) is 5.57 Å². The van der Waals surface area contributed by atoms with E-state index in [1.54, 1.807) is 10.8 Å². The van der Waals surface area contributed by atoms with Gasteiger partial charge in [-0.15, -0.1) is 5.10 Å². The van der Waals surface area contributed by atoms with E-state index in [0.717, 1.165) is 36.4 Å². The predicted molar refractivity (Wildman–Crippen MR) is 144 cm³/mol. The van der Waals surface area contributed by atoms with Crippen LogP contribution >= 0.6 is 0 Å². The summed E-state index contributed by atoms with van der Waals surface area (Å²) in [7, 11) is -1.24. The number of carbonyl (C=O) groups excluding carboxylic acids is 1. The van der Waals surface area contributed by atoms with Gasteiger partial charge in [0.15, 0.2) is 11.5 Å². The van der Waals surface area contributed by atoms with Gasteiger partial charge in [0.1, 0.15) is 12.8 Å². The number of ether oxygens (including phenoxy) is 1. The fourth-order valence-electron chi connectivity index (χ4n) is 4.14. The lowest BCUT2D eigenvalue weighted by molar-refractivity contribution is 0.0808. The number of H-pyrrole nitrogens is 1. The van der Waals surface area contributed by atoms with Crippen molar-refractivity contribution >= 4 is 25.2 Å². The number of imidazole rings is 1. The van der Waals surface area contributed by atoms with E-state index < -0.39 is 14.0 Å². The van der Waals surface area contributed by atoms with Crippen LogP contribution < -0.4 is 5.32 Å². The second kappa shape index (κ2) is 10.8. The average Bonchev–Trinajstić information content (AvgIpc) is 3.52. The molecule has 1 aliphatic carbocycles. The number of tetrazole rings is 1. The van der Waals surface area contributed by atoms with Gasteiger partial charge in [0.25, 0.3) is 5.91 Å². The molecule has 0 spiro atoms. The lowest BCUT2D eigenvalue weighted by Gasteiger charge is -2.29. The monoisotopic (exact) mass is 518 g/mol. The van der Waals surface area contributed by atoms with Crippen molar-refractivity contribution in [3.8, 4) is 17.5 Å². The second-order valence-electron chi connectivity index (χ2n) is 11.4. The molecule has 2 heterocycles. The van der Waals surface area contributed by atoms with Gasteiger partial charge < -0.3 is 14.6 Å². The summed E-state index contributed by atoms with van der Waals surface area (Å²) >= 11 is 0. The fourth-order valence-corrected chi connectivity index (χ4v) is 4.89. The molecular weight excluding hydrogens is 484 g/mol. The summed E-state index contributed by atoms with van der Waals surface area (Å²) in [5.41, 5.74) is 3.99. The van der Waals surface area contributed by atoms with E-state index in [4.69, 9.17) is 4.74 Å². The minimum atomic E-state index is -1.24. The van der Waals surface area contributed by atoms with Gasteiger partial charge in [-0.1, -0.05) is 39.6 Å². The van der Waals surface area contributed by atoms with Crippen molar-refractivity contribution in [2.45, 2.75) is 65.5 Å². The Morgan fingerprint density at radius 1 is 1.32 bits per heavy atom. The first kappa shape index (κ1) is 26.4. The van der Waals surface area contributed by atoms with Gasteiger partial charge in [-0.25, -0.2) is 10.1 Å². The summed E-state index contributed by atoms with van der Waals surface area (Å²) in [6.45, 7) is 12.1. The Morgan fingerprint density at radius 2 is 2.14 bits per heavy atom. The van der Waals surface area contributed by atoms with Crippen molar-refractivity contribution in [3.05, 3.63) is 47.6 Å². The highest BCUT2D eigenvalue weighted by Gasteiger charge is 2.25. The van der Waals surface area contributed by atoms with Gasteiger partial charge >= 0.3 is 0 Å². The first-order chi connectivity index (χ1) is 17.5. The van der Waals surface area contributed by atoms with E-state index in [0.29, 0.717) is 18.1 Å². The summed E-state index contributed by atoms with van der Waals surface area (Å²) in [5.74, 6) is 0.292. The normalized spacial score (nSPS) is 15.2. The number of hydrogen-bond acceptors (Lipinski definition) is 7. The number of rotatable bonds is 9. The van der Waals surface area contributed by atoms with E-state index in [2.05, 4.69) is 70.5 Å². The van der Waals surface area contributed by atoms with Crippen LogP contribution in [0.1, 0.15) is 55.0 Å². The smallest absolute Gasteiger partial charge is 0.291 e. The molecule has 10 nitrogen and oxygen atoms in total. The molecule has 2 N–H and O–H groups in total. The Hall–Kier alpha value is -3.62. The lowest BCUT2D eigenvalue weighted by atomic mass is 9.76. The molecule has 4 rings (SSSR count). The van der Waals surface area contributed by atoms with Gasteiger partial charge in [0.2, 0.25) is 5.82 Å². The minimum absolute atomic E-state index is 0.137. The molecule has 0 unspecified atom stereocenters. The van der Waals surface area contributed by atoms with Crippen molar-refractivity contribution in [3.63, 3.8) is 0 Å². The number of aromatic amines is 1. The maximum Gasteiger partial charge on any atom is 0.291 e. The molecule has 194 valence electrons. The van der Waals surface area contributed by atoms with Crippen LogP contribution in [0.3, 0.4) is 0 Å². The number of allylic oxidation sites excluding steroid dienone is 2. The number of benzene rings is 1. The largest absolute Gasteiger partial charge is 0.361 e. The van der Waals surface area contributed by atoms with E-state index >= 15 is 0 Å². The molecular formula is C26H34N8O2Si. The molecule has 11 heteroatoms. The van der Waals surface area contributed by atoms with E-state index in [1.807, 2.05) is 24.3 Å². The van der Waals surface area contributed by atoms with Crippen LogP contribution in [0.2, 0.25) is 25.7 Å². The highest BCUT2D eigenvalue weighted by molar-refractivity contribution is 6.76. The van der Waals surface area contributed by atoms with E-state index in [-0.39, 0.29) is 23.7 Å². The van der Waals surface area contributed by atoms with Crippen LogP contribution in [0.5, 0.6) is 0 Å².